The summed E-state index contributed by atoms with van der Waals surface area (Å²) in [6.45, 7) is 5.68. The molecule has 2 rings (SSSR count). The van der Waals surface area contributed by atoms with Crippen LogP contribution in [0.1, 0.15) is 33.6 Å². The maximum atomic E-state index is 12.4. The molecule has 0 atom stereocenters. The van der Waals surface area contributed by atoms with Gasteiger partial charge in [-0.25, -0.2) is 0 Å². The van der Waals surface area contributed by atoms with Gasteiger partial charge in [-0.15, -0.1) is 11.3 Å². The SMILES string of the molecule is Cc1ccc(C(=O)N=c2scc(CN)n2CCCN)c(C)c1. The molecule has 6 heteroatoms. The Balaban J connectivity index is 2.39. The minimum absolute atomic E-state index is 0.218. The first-order valence-electron chi connectivity index (χ1n) is 7.30. The van der Waals surface area contributed by atoms with Crippen molar-refractivity contribution in [3.8, 4) is 0 Å². The number of thiazole rings is 1. The van der Waals surface area contributed by atoms with E-state index >= 15 is 0 Å². The fraction of sp³-hybridized carbons (Fsp3) is 0.375. The van der Waals surface area contributed by atoms with Crippen LogP contribution in [0.4, 0.5) is 0 Å². The average molecular weight is 318 g/mol. The maximum Gasteiger partial charge on any atom is 0.279 e. The Hall–Kier alpha value is -1.76. The molecule has 4 N–H and O–H groups in total. The first kappa shape index (κ1) is 16.6. The molecule has 2 aromatic rings. The summed E-state index contributed by atoms with van der Waals surface area (Å²) in [4.78, 5) is 17.4. The number of hydrogen-bond donors (Lipinski definition) is 2. The van der Waals surface area contributed by atoms with Crippen LogP contribution in [0.15, 0.2) is 28.6 Å². The first-order valence-corrected chi connectivity index (χ1v) is 8.18. The molecular weight excluding hydrogens is 296 g/mol. The number of aromatic nitrogens is 1. The molecule has 0 radical (unpaired) electrons. The van der Waals surface area contributed by atoms with Crippen LogP contribution < -0.4 is 16.3 Å². The van der Waals surface area contributed by atoms with E-state index in [1.54, 1.807) is 0 Å². The van der Waals surface area contributed by atoms with Crippen molar-refractivity contribution in [3.63, 3.8) is 0 Å². The van der Waals surface area contributed by atoms with E-state index in [9.17, 15) is 4.79 Å². The van der Waals surface area contributed by atoms with E-state index in [1.807, 2.05) is 42.0 Å². The molecule has 22 heavy (non-hydrogen) atoms. The average Bonchev–Trinajstić information content (AvgIpc) is 2.86. The first-order chi connectivity index (χ1) is 10.6. The third-order valence-corrected chi connectivity index (χ3v) is 4.39. The minimum atomic E-state index is -0.218. The minimum Gasteiger partial charge on any atom is -0.330 e. The molecule has 1 amide bonds. The van der Waals surface area contributed by atoms with Crippen LogP contribution in [0.25, 0.3) is 0 Å². The predicted octanol–water partition coefficient (Wildman–Crippen LogP) is 1.72. The topological polar surface area (TPSA) is 86.4 Å². The number of rotatable bonds is 5. The van der Waals surface area contributed by atoms with Crippen molar-refractivity contribution < 1.29 is 4.79 Å². The summed E-state index contributed by atoms with van der Waals surface area (Å²) in [7, 11) is 0. The van der Waals surface area contributed by atoms with E-state index < -0.39 is 0 Å². The molecule has 0 saturated heterocycles. The zero-order valence-corrected chi connectivity index (χ0v) is 13.8. The molecule has 0 spiro atoms. The number of hydrogen-bond acceptors (Lipinski definition) is 4. The van der Waals surface area contributed by atoms with E-state index in [0.717, 1.165) is 29.8 Å². The van der Waals surface area contributed by atoms with Gasteiger partial charge in [-0.1, -0.05) is 17.7 Å². The van der Waals surface area contributed by atoms with Crippen LogP contribution in [-0.4, -0.2) is 17.0 Å². The van der Waals surface area contributed by atoms with E-state index in [2.05, 4.69) is 4.99 Å². The second-order valence-corrected chi connectivity index (χ2v) is 6.08. The van der Waals surface area contributed by atoms with Gasteiger partial charge < -0.3 is 16.0 Å². The van der Waals surface area contributed by atoms with E-state index in [1.165, 1.54) is 11.3 Å². The van der Waals surface area contributed by atoms with Crippen molar-refractivity contribution in [3.05, 3.63) is 50.8 Å². The molecule has 0 fully saturated rings. The summed E-state index contributed by atoms with van der Waals surface area (Å²) in [6, 6.07) is 5.75. The van der Waals surface area contributed by atoms with Gasteiger partial charge in [0.2, 0.25) is 0 Å². The molecule has 118 valence electrons. The molecule has 5 nitrogen and oxygen atoms in total. The zero-order chi connectivity index (χ0) is 16.1. The van der Waals surface area contributed by atoms with Crippen molar-refractivity contribution in [1.82, 2.24) is 4.57 Å². The van der Waals surface area contributed by atoms with Crippen molar-refractivity contribution in [2.45, 2.75) is 33.4 Å². The molecule has 0 unspecified atom stereocenters. The summed E-state index contributed by atoms with van der Waals surface area (Å²) in [5.74, 6) is -0.218. The third-order valence-electron chi connectivity index (χ3n) is 3.48. The summed E-state index contributed by atoms with van der Waals surface area (Å²) >= 11 is 1.44. The fourth-order valence-electron chi connectivity index (χ4n) is 2.31. The van der Waals surface area contributed by atoms with Crippen LogP contribution in [0, 0.1) is 13.8 Å². The van der Waals surface area contributed by atoms with E-state index in [-0.39, 0.29) is 5.91 Å². The lowest BCUT2D eigenvalue weighted by atomic mass is 10.1. The molecule has 0 aliphatic rings. The summed E-state index contributed by atoms with van der Waals surface area (Å²) in [5, 5.41) is 1.95. The lowest BCUT2D eigenvalue weighted by Gasteiger charge is -2.06. The van der Waals surface area contributed by atoms with Crippen LogP contribution >= 0.6 is 11.3 Å². The van der Waals surface area contributed by atoms with E-state index in [4.69, 9.17) is 11.5 Å². The number of amides is 1. The number of benzene rings is 1. The molecule has 0 saturated carbocycles. The van der Waals surface area contributed by atoms with Crippen LogP contribution in [0.5, 0.6) is 0 Å². The highest BCUT2D eigenvalue weighted by Gasteiger charge is 2.10. The van der Waals surface area contributed by atoms with Gasteiger partial charge in [0.05, 0.1) is 0 Å². The smallest absolute Gasteiger partial charge is 0.279 e. The predicted molar refractivity (Wildman–Crippen MR) is 89.7 cm³/mol. The van der Waals surface area contributed by atoms with Crippen molar-refractivity contribution in [2.24, 2.45) is 16.5 Å². The molecule has 0 aliphatic heterocycles. The van der Waals surface area contributed by atoms with Crippen LogP contribution in [0.3, 0.4) is 0 Å². The number of aryl methyl sites for hydroxylation is 2. The Morgan fingerprint density at radius 3 is 2.73 bits per heavy atom. The van der Waals surface area contributed by atoms with Gasteiger partial charge in [-0.05, 0) is 38.4 Å². The lowest BCUT2D eigenvalue weighted by molar-refractivity contribution is 0.0997. The van der Waals surface area contributed by atoms with Gasteiger partial charge in [0, 0.05) is 29.7 Å². The van der Waals surface area contributed by atoms with Gasteiger partial charge in [-0.2, -0.15) is 4.99 Å². The van der Waals surface area contributed by atoms with Crippen molar-refractivity contribution >= 4 is 17.2 Å². The lowest BCUT2D eigenvalue weighted by Crippen LogP contribution is -2.22. The summed E-state index contributed by atoms with van der Waals surface area (Å²) in [5.41, 5.74) is 15.0. The highest BCUT2D eigenvalue weighted by atomic mass is 32.1. The molecule has 0 aliphatic carbocycles. The van der Waals surface area contributed by atoms with Gasteiger partial charge in [-0.3, -0.25) is 4.79 Å². The monoisotopic (exact) mass is 318 g/mol. The standard InChI is InChI=1S/C16H22N4OS/c1-11-4-5-14(12(2)8-11)15(21)19-16-20(7-3-6-17)13(9-18)10-22-16/h4-5,8,10H,3,6-7,9,17-18H2,1-2H3. The molecular formula is C16H22N4OS. The van der Waals surface area contributed by atoms with Gasteiger partial charge in [0.25, 0.3) is 5.91 Å². The maximum absolute atomic E-state index is 12.4. The normalized spacial score (nSPS) is 11.9. The summed E-state index contributed by atoms with van der Waals surface area (Å²) < 4.78 is 1.99. The molecule has 0 bridgehead atoms. The van der Waals surface area contributed by atoms with Crippen molar-refractivity contribution in [1.29, 1.82) is 0 Å². The Labute approximate surface area is 134 Å². The Morgan fingerprint density at radius 1 is 1.32 bits per heavy atom. The number of carbonyl (C=O) groups excluding carboxylic acids is 1. The largest absolute Gasteiger partial charge is 0.330 e. The van der Waals surface area contributed by atoms with Gasteiger partial charge in [0.1, 0.15) is 0 Å². The fourth-order valence-corrected chi connectivity index (χ4v) is 3.24. The number of nitrogens with two attached hydrogens (primary N) is 2. The van der Waals surface area contributed by atoms with Gasteiger partial charge in [0.15, 0.2) is 4.80 Å². The second-order valence-electron chi connectivity index (χ2n) is 5.24. The third kappa shape index (κ3) is 3.71. The summed E-state index contributed by atoms with van der Waals surface area (Å²) in [6.07, 6.45) is 0.828. The van der Waals surface area contributed by atoms with Crippen LogP contribution in [-0.2, 0) is 13.1 Å². The Morgan fingerprint density at radius 2 is 2.09 bits per heavy atom. The Bertz CT molecular complexity index is 730. The van der Waals surface area contributed by atoms with Crippen molar-refractivity contribution in [2.75, 3.05) is 6.54 Å². The number of carbonyl (C=O) groups is 1. The molecule has 1 aromatic carbocycles. The highest BCUT2D eigenvalue weighted by molar-refractivity contribution is 7.07. The zero-order valence-electron chi connectivity index (χ0n) is 13.0. The quantitative estimate of drug-likeness (QED) is 0.880. The highest BCUT2D eigenvalue weighted by Crippen LogP contribution is 2.12. The van der Waals surface area contributed by atoms with E-state index in [0.29, 0.717) is 23.5 Å². The second kappa shape index (κ2) is 7.49. The molecule has 1 aromatic heterocycles. The number of nitrogens with zero attached hydrogens (tertiary/aromatic N) is 2. The van der Waals surface area contributed by atoms with Gasteiger partial charge >= 0.3 is 0 Å². The van der Waals surface area contributed by atoms with Crippen LogP contribution in [0.2, 0.25) is 0 Å². The molecule has 1 heterocycles. The Kier molecular flexibility index (Phi) is 5.65.